The summed E-state index contributed by atoms with van der Waals surface area (Å²) in [7, 11) is 3.89. The van der Waals surface area contributed by atoms with Gasteiger partial charge < -0.3 is 30.9 Å². The predicted molar refractivity (Wildman–Crippen MR) is 156 cm³/mol. The van der Waals surface area contributed by atoms with E-state index in [-0.39, 0.29) is 5.91 Å². The van der Waals surface area contributed by atoms with Gasteiger partial charge in [0.05, 0.1) is 24.4 Å². The third-order valence-electron chi connectivity index (χ3n) is 6.30. The third-order valence-corrected chi connectivity index (χ3v) is 6.30. The van der Waals surface area contributed by atoms with Crippen LogP contribution in [0.25, 0.3) is 22.2 Å². The number of hydrogen-bond donors (Lipinski definition) is 3. The van der Waals surface area contributed by atoms with Gasteiger partial charge in [-0.2, -0.15) is 4.98 Å². The number of carbonyl (C=O) groups excluding carboxylic acids is 1. The number of ether oxygens (including phenoxy) is 1. The average Bonchev–Trinajstić information content (AvgIpc) is 2.94. The second kappa shape index (κ2) is 11.9. The van der Waals surface area contributed by atoms with Crippen molar-refractivity contribution in [1.29, 1.82) is 0 Å². The zero-order valence-corrected chi connectivity index (χ0v) is 22.1. The second-order valence-electron chi connectivity index (χ2n) is 9.49. The summed E-state index contributed by atoms with van der Waals surface area (Å²) in [4.78, 5) is 30.4. The molecule has 39 heavy (non-hydrogen) atoms. The zero-order valence-electron chi connectivity index (χ0n) is 22.1. The minimum Gasteiger partial charge on any atom is -0.383 e. The van der Waals surface area contributed by atoms with Crippen molar-refractivity contribution in [2.75, 3.05) is 68.2 Å². The normalized spacial score (nSPS) is 13.8. The molecule has 0 radical (unpaired) electrons. The molecule has 2 aromatic heterocycles. The van der Waals surface area contributed by atoms with Gasteiger partial charge in [0.1, 0.15) is 5.82 Å². The van der Waals surface area contributed by atoms with Crippen LogP contribution in [0.4, 0.5) is 28.8 Å². The molecule has 10 heteroatoms. The summed E-state index contributed by atoms with van der Waals surface area (Å²) in [5.41, 5.74) is 11.1. The molecule has 1 amide bonds. The Morgan fingerprint density at radius 1 is 1.08 bits per heavy atom. The largest absolute Gasteiger partial charge is 0.383 e. The maximum atomic E-state index is 12.3. The van der Waals surface area contributed by atoms with Gasteiger partial charge in [0, 0.05) is 59.9 Å². The summed E-state index contributed by atoms with van der Waals surface area (Å²) in [5.74, 6) is 0.552. The maximum absolute atomic E-state index is 12.3. The fraction of sp³-hybridized carbons (Fsp3) is 0.241. The van der Waals surface area contributed by atoms with Crippen molar-refractivity contribution in [1.82, 2.24) is 19.9 Å². The number of likely N-dealkylation sites (N-methyl/N-ethyl adjacent to an activating group) is 1. The van der Waals surface area contributed by atoms with E-state index in [4.69, 9.17) is 15.5 Å². The number of hydrogen-bond acceptors (Lipinski definition) is 9. The van der Waals surface area contributed by atoms with Gasteiger partial charge in [0.25, 0.3) is 0 Å². The standard InChI is InChI=1S/C29H32N8O2/c1-36(2)14-4-7-26(38)32-21-12-13-31-25(19-21)23-5-3-6-24-27(23)34-29(35-28(24)30)33-20-8-10-22(11-9-20)37-15-17-39-18-16-37/h3-13,19H,14-18H2,1-2H3,(H,31,32,38)(H3,30,33,34,35)/b7-4+. The molecule has 10 nitrogen and oxygen atoms in total. The monoisotopic (exact) mass is 524 g/mol. The minimum absolute atomic E-state index is 0.204. The van der Waals surface area contributed by atoms with Gasteiger partial charge in [-0.15, -0.1) is 0 Å². The lowest BCUT2D eigenvalue weighted by Crippen LogP contribution is -2.36. The van der Waals surface area contributed by atoms with E-state index < -0.39 is 0 Å². The van der Waals surface area contributed by atoms with Gasteiger partial charge in [-0.25, -0.2) is 4.98 Å². The van der Waals surface area contributed by atoms with Crippen molar-refractivity contribution in [3.63, 3.8) is 0 Å². The Morgan fingerprint density at radius 3 is 2.64 bits per heavy atom. The Labute approximate surface area is 227 Å². The predicted octanol–water partition coefficient (Wildman–Crippen LogP) is 3.91. The van der Waals surface area contributed by atoms with Crippen molar-refractivity contribution in [3.05, 3.63) is 72.9 Å². The molecule has 1 saturated heterocycles. The van der Waals surface area contributed by atoms with Crippen LogP contribution in [0.15, 0.2) is 72.9 Å². The average molecular weight is 525 g/mol. The molecule has 0 unspecified atom stereocenters. The van der Waals surface area contributed by atoms with E-state index in [2.05, 4.69) is 37.6 Å². The number of nitrogen functional groups attached to an aromatic ring is 1. The number of pyridine rings is 1. The highest BCUT2D eigenvalue weighted by Crippen LogP contribution is 2.31. The highest BCUT2D eigenvalue weighted by molar-refractivity contribution is 6.01. The van der Waals surface area contributed by atoms with Crippen LogP contribution in [0.1, 0.15) is 0 Å². The fourth-order valence-corrected chi connectivity index (χ4v) is 4.35. The first kappa shape index (κ1) is 26.1. The van der Waals surface area contributed by atoms with E-state index in [0.29, 0.717) is 35.2 Å². The van der Waals surface area contributed by atoms with Gasteiger partial charge in [-0.3, -0.25) is 9.78 Å². The molecule has 0 spiro atoms. The number of morpholine rings is 1. The number of nitrogens with two attached hydrogens (primary N) is 1. The summed E-state index contributed by atoms with van der Waals surface area (Å²) >= 11 is 0. The zero-order chi connectivity index (χ0) is 27.2. The lowest BCUT2D eigenvalue weighted by molar-refractivity contribution is -0.111. The van der Waals surface area contributed by atoms with Gasteiger partial charge in [0.15, 0.2) is 0 Å². The second-order valence-corrected chi connectivity index (χ2v) is 9.49. The summed E-state index contributed by atoms with van der Waals surface area (Å²) in [5, 5.41) is 6.90. The number of nitrogens with one attached hydrogen (secondary N) is 2. The molecule has 5 rings (SSSR count). The Balaban J connectivity index is 1.39. The van der Waals surface area contributed by atoms with Crippen LogP contribution in [0.5, 0.6) is 0 Å². The molecule has 0 saturated carbocycles. The number of fused-ring (bicyclic) bond motifs is 1. The summed E-state index contributed by atoms with van der Waals surface area (Å²) in [6.07, 6.45) is 5.00. The van der Waals surface area contributed by atoms with Crippen molar-refractivity contribution in [2.45, 2.75) is 0 Å². The summed E-state index contributed by atoms with van der Waals surface area (Å²) in [6, 6.07) is 17.4. The van der Waals surface area contributed by atoms with E-state index in [1.807, 2.05) is 61.5 Å². The van der Waals surface area contributed by atoms with E-state index >= 15 is 0 Å². The molecular formula is C29H32N8O2. The van der Waals surface area contributed by atoms with Crippen molar-refractivity contribution >= 4 is 45.6 Å². The lowest BCUT2D eigenvalue weighted by Gasteiger charge is -2.28. The number of aromatic nitrogens is 3. The molecule has 1 aliphatic rings. The number of para-hydroxylation sites is 1. The van der Waals surface area contributed by atoms with Gasteiger partial charge in [0.2, 0.25) is 11.9 Å². The van der Waals surface area contributed by atoms with Crippen molar-refractivity contribution < 1.29 is 9.53 Å². The molecule has 2 aromatic carbocycles. The van der Waals surface area contributed by atoms with Crippen LogP contribution >= 0.6 is 0 Å². The Hall–Kier alpha value is -4.54. The first-order valence-electron chi connectivity index (χ1n) is 12.8. The van der Waals surface area contributed by atoms with E-state index in [1.165, 1.54) is 6.08 Å². The van der Waals surface area contributed by atoms with Crippen LogP contribution < -0.4 is 21.3 Å². The van der Waals surface area contributed by atoms with E-state index in [0.717, 1.165) is 48.6 Å². The quantitative estimate of drug-likeness (QED) is 0.295. The molecule has 1 aliphatic heterocycles. The molecule has 0 aliphatic carbocycles. The highest BCUT2D eigenvalue weighted by atomic mass is 16.5. The molecule has 0 atom stereocenters. The molecule has 0 bridgehead atoms. The Kier molecular flexibility index (Phi) is 7.95. The van der Waals surface area contributed by atoms with Crippen molar-refractivity contribution in [3.8, 4) is 11.3 Å². The van der Waals surface area contributed by atoms with Crippen LogP contribution in [-0.4, -0.2) is 72.7 Å². The number of nitrogens with zero attached hydrogens (tertiary/aromatic N) is 5. The van der Waals surface area contributed by atoms with Crippen LogP contribution in [-0.2, 0) is 9.53 Å². The lowest BCUT2D eigenvalue weighted by atomic mass is 10.1. The van der Waals surface area contributed by atoms with Crippen LogP contribution in [0.3, 0.4) is 0 Å². The smallest absolute Gasteiger partial charge is 0.248 e. The number of anilines is 5. The van der Waals surface area contributed by atoms with Gasteiger partial charge in [-0.05, 0) is 56.6 Å². The molecule has 4 N–H and O–H groups in total. The first-order valence-corrected chi connectivity index (χ1v) is 12.8. The van der Waals surface area contributed by atoms with Gasteiger partial charge in [-0.1, -0.05) is 18.2 Å². The fourth-order valence-electron chi connectivity index (χ4n) is 4.35. The Morgan fingerprint density at radius 2 is 1.87 bits per heavy atom. The SMILES string of the molecule is CN(C)C/C=C/C(=O)Nc1ccnc(-c2cccc3c(N)nc(Nc4ccc(N5CCOCC5)cc4)nc23)c1. The number of rotatable bonds is 8. The van der Waals surface area contributed by atoms with Crippen LogP contribution in [0, 0.1) is 0 Å². The molecule has 1 fully saturated rings. The van der Waals surface area contributed by atoms with Crippen LogP contribution in [0.2, 0.25) is 0 Å². The first-order chi connectivity index (χ1) is 19.0. The number of carbonyl (C=O) groups is 1. The number of amides is 1. The topological polar surface area (TPSA) is 122 Å². The summed E-state index contributed by atoms with van der Waals surface area (Å²) < 4.78 is 5.45. The maximum Gasteiger partial charge on any atom is 0.248 e. The molecule has 3 heterocycles. The molecule has 4 aromatic rings. The third kappa shape index (κ3) is 6.49. The number of benzene rings is 2. The Bertz CT molecular complexity index is 1480. The summed E-state index contributed by atoms with van der Waals surface area (Å²) in [6.45, 7) is 3.92. The molecular weight excluding hydrogens is 492 g/mol. The van der Waals surface area contributed by atoms with Gasteiger partial charge >= 0.3 is 0 Å². The molecule has 200 valence electrons. The minimum atomic E-state index is -0.204. The van der Waals surface area contributed by atoms with E-state index in [1.54, 1.807) is 12.3 Å². The van der Waals surface area contributed by atoms with Crippen molar-refractivity contribution in [2.24, 2.45) is 0 Å². The highest BCUT2D eigenvalue weighted by Gasteiger charge is 2.14. The van der Waals surface area contributed by atoms with E-state index in [9.17, 15) is 4.79 Å².